The summed E-state index contributed by atoms with van der Waals surface area (Å²) in [5.74, 6) is 1.63. The molecule has 0 radical (unpaired) electrons. The summed E-state index contributed by atoms with van der Waals surface area (Å²) in [5.41, 5.74) is 2.44. The van der Waals surface area contributed by atoms with Gasteiger partial charge in [-0.25, -0.2) is 0 Å². The molecule has 18 heavy (non-hydrogen) atoms. The maximum atomic E-state index is 5.83. The Morgan fingerprint density at radius 1 is 0.944 bits per heavy atom. The quantitative estimate of drug-likeness (QED) is 0.885. The van der Waals surface area contributed by atoms with Gasteiger partial charge in [0, 0.05) is 19.0 Å². The molecule has 0 bridgehead atoms. The van der Waals surface area contributed by atoms with Crippen LogP contribution in [0.5, 0.6) is 5.75 Å². The van der Waals surface area contributed by atoms with E-state index in [0.717, 1.165) is 25.4 Å². The highest BCUT2D eigenvalue weighted by Crippen LogP contribution is 2.24. The van der Waals surface area contributed by atoms with Crippen LogP contribution in [0.4, 0.5) is 0 Å². The minimum atomic E-state index is 0.672. The minimum Gasteiger partial charge on any atom is -0.493 e. The van der Waals surface area contributed by atoms with Gasteiger partial charge in [-0.15, -0.1) is 0 Å². The molecule has 1 heterocycles. The Hall–Kier alpha value is -1.80. The SMILES string of the molecule is c1ccc(-c2cccc(OCC3CNC3)c2)cc1. The second kappa shape index (κ2) is 5.23. The first-order valence-electron chi connectivity index (χ1n) is 6.41. The summed E-state index contributed by atoms with van der Waals surface area (Å²) in [4.78, 5) is 0. The van der Waals surface area contributed by atoms with Crippen LogP contribution < -0.4 is 10.1 Å². The molecule has 0 aromatic heterocycles. The van der Waals surface area contributed by atoms with Crippen molar-refractivity contribution in [2.24, 2.45) is 5.92 Å². The van der Waals surface area contributed by atoms with E-state index in [1.54, 1.807) is 0 Å². The summed E-state index contributed by atoms with van der Waals surface area (Å²) in [6.07, 6.45) is 0. The molecule has 1 fully saturated rings. The van der Waals surface area contributed by atoms with Gasteiger partial charge in [-0.05, 0) is 23.3 Å². The van der Waals surface area contributed by atoms with Gasteiger partial charge in [0.15, 0.2) is 0 Å². The Labute approximate surface area is 108 Å². The highest BCUT2D eigenvalue weighted by Gasteiger charge is 2.17. The molecule has 92 valence electrons. The Bertz CT molecular complexity index is 506. The van der Waals surface area contributed by atoms with Crippen LogP contribution in [-0.4, -0.2) is 19.7 Å². The molecule has 1 saturated heterocycles. The van der Waals surface area contributed by atoms with Crippen molar-refractivity contribution in [3.63, 3.8) is 0 Å². The van der Waals surface area contributed by atoms with Gasteiger partial charge in [-0.1, -0.05) is 42.5 Å². The summed E-state index contributed by atoms with van der Waals surface area (Å²) >= 11 is 0. The number of rotatable bonds is 4. The predicted molar refractivity (Wildman–Crippen MR) is 73.7 cm³/mol. The molecule has 0 aliphatic carbocycles. The van der Waals surface area contributed by atoms with Crippen molar-refractivity contribution in [1.82, 2.24) is 5.32 Å². The summed E-state index contributed by atoms with van der Waals surface area (Å²) in [6, 6.07) is 18.7. The lowest BCUT2D eigenvalue weighted by Gasteiger charge is -2.26. The zero-order chi connectivity index (χ0) is 12.2. The lowest BCUT2D eigenvalue weighted by Crippen LogP contribution is -2.45. The average Bonchev–Trinajstić information content (AvgIpc) is 2.38. The summed E-state index contributed by atoms with van der Waals surface area (Å²) in [7, 11) is 0. The normalized spacial score (nSPS) is 15.1. The summed E-state index contributed by atoms with van der Waals surface area (Å²) in [5, 5.41) is 3.25. The molecule has 2 aromatic carbocycles. The molecule has 0 atom stereocenters. The molecule has 0 saturated carbocycles. The van der Waals surface area contributed by atoms with Crippen molar-refractivity contribution >= 4 is 0 Å². The molecule has 0 unspecified atom stereocenters. The van der Waals surface area contributed by atoms with E-state index in [-0.39, 0.29) is 0 Å². The third kappa shape index (κ3) is 2.54. The van der Waals surface area contributed by atoms with Gasteiger partial charge >= 0.3 is 0 Å². The van der Waals surface area contributed by atoms with Crippen molar-refractivity contribution in [2.45, 2.75) is 0 Å². The van der Waals surface area contributed by atoms with Crippen LogP contribution in [-0.2, 0) is 0 Å². The standard InChI is InChI=1S/C16H17NO/c1-2-5-14(6-3-1)15-7-4-8-16(9-15)18-12-13-10-17-11-13/h1-9,13,17H,10-12H2. The fourth-order valence-electron chi connectivity index (χ4n) is 2.08. The van der Waals surface area contributed by atoms with E-state index in [1.165, 1.54) is 11.1 Å². The molecular formula is C16H17NO. The first-order valence-corrected chi connectivity index (χ1v) is 6.41. The van der Waals surface area contributed by atoms with Crippen molar-refractivity contribution in [1.29, 1.82) is 0 Å². The van der Waals surface area contributed by atoms with E-state index < -0.39 is 0 Å². The van der Waals surface area contributed by atoms with Gasteiger partial charge in [-0.3, -0.25) is 0 Å². The number of hydrogen-bond donors (Lipinski definition) is 1. The van der Waals surface area contributed by atoms with Crippen LogP contribution in [0, 0.1) is 5.92 Å². The summed E-state index contributed by atoms with van der Waals surface area (Å²) < 4.78 is 5.83. The van der Waals surface area contributed by atoms with Crippen molar-refractivity contribution in [3.05, 3.63) is 54.6 Å². The number of benzene rings is 2. The van der Waals surface area contributed by atoms with Gasteiger partial charge in [0.25, 0.3) is 0 Å². The van der Waals surface area contributed by atoms with Crippen LogP contribution in [0.15, 0.2) is 54.6 Å². The molecule has 1 aliphatic heterocycles. The topological polar surface area (TPSA) is 21.3 Å². The van der Waals surface area contributed by atoms with E-state index in [9.17, 15) is 0 Å². The van der Waals surface area contributed by atoms with Crippen LogP contribution in [0.25, 0.3) is 11.1 Å². The first kappa shape index (κ1) is 11.3. The Morgan fingerprint density at radius 2 is 1.72 bits per heavy atom. The smallest absolute Gasteiger partial charge is 0.119 e. The number of hydrogen-bond acceptors (Lipinski definition) is 2. The Balaban J connectivity index is 1.72. The fraction of sp³-hybridized carbons (Fsp3) is 0.250. The zero-order valence-electron chi connectivity index (χ0n) is 10.3. The van der Waals surface area contributed by atoms with Crippen LogP contribution >= 0.6 is 0 Å². The van der Waals surface area contributed by atoms with E-state index in [0.29, 0.717) is 5.92 Å². The fourth-order valence-corrected chi connectivity index (χ4v) is 2.08. The molecular weight excluding hydrogens is 222 g/mol. The van der Waals surface area contributed by atoms with Crippen LogP contribution in [0.1, 0.15) is 0 Å². The molecule has 2 nitrogen and oxygen atoms in total. The minimum absolute atomic E-state index is 0.672. The lowest BCUT2D eigenvalue weighted by atomic mass is 10.0. The Morgan fingerprint density at radius 3 is 2.44 bits per heavy atom. The average molecular weight is 239 g/mol. The zero-order valence-corrected chi connectivity index (χ0v) is 10.3. The monoisotopic (exact) mass is 239 g/mol. The number of ether oxygens (including phenoxy) is 1. The largest absolute Gasteiger partial charge is 0.493 e. The summed E-state index contributed by atoms with van der Waals surface area (Å²) in [6.45, 7) is 2.97. The number of nitrogens with one attached hydrogen (secondary N) is 1. The van der Waals surface area contributed by atoms with E-state index in [4.69, 9.17) is 4.74 Å². The maximum absolute atomic E-state index is 5.83. The molecule has 3 rings (SSSR count). The molecule has 1 N–H and O–H groups in total. The highest BCUT2D eigenvalue weighted by atomic mass is 16.5. The van der Waals surface area contributed by atoms with Crippen molar-refractivity contribution in [3.8, 4) is 16.9 Å². The van der Waals surface area contributed by atoms with E-state index >= 15 is 0 Å². The van der Waals surface area contributed by atoms with Crippen molar-refractivity contribution < 1.29 is 4.74 Å². The predicted octanol–water partition coefficient (Wildman–Crippen LogP) is 2.95. The van der Waals surface area contributed by atoms with Gasteiger partial charge < -0.3 is 10.1 Å². The van der Waals surface area contributed by atoms with Crippen LogP contribution in [0.2, 0.25) is 0 Å². The molecule has 1 aliphatic rings. The molecule has 2 heteroatoms. The van der Waals surface area contributed by atoms with Gasteiger partial charge in [0.2, 0.25) is 0 Å². The van der Waals surface area contributed by atoms with E-state index in [1.807, 2.05) is 12.1 Å². The molecule has 0 amide bonds. The van der Waals surface area contributed by atoms with Gasteiger partial charge in [-0.2, -0.15) is 0 Å². The third-order valence-electron chi connectivity index (χ3n) is 3.29. The second-order valence-corrected chi connectivity index (χ2v) is 4.73. The van der Waals surface area contributed by atoms with Crippen molar-refractivity contribution in [2.75, 3.05) is 19.7 Å². The molecule has 0 spiro atoms. The first-order chi connectivity index (χ1) is 8.92. The van der Waals surface area contributed by atoms with E-state index in [2.05, 4.69) is 47.8 Å². The van der Waals surface area contributed by atoms with Gasteiger partial charge in [0.1, 0.15) is 5.75 Å². The van der Waals surface area contributed by atoms with Crippen LogP contribution in [0.3, 0.4) is 0 Å². The Kier molecular flexibility index (Phi) is 3.29. The van der Waals surface area contributed by atoms with Gasteiger partial charge in [0.05, 0.1) is 6.61 Å². The maximum Gasteiger partial charge on any atom is 0.119 e. The second-order valence-electron chi connectivity index (χ2n) is 4.73. The molecule has 2 aromatic rings. The highest BCUT2D eigenvalue weighted by molar-refractivity contribution is 5.64. The third-order valence-corrected chi connectivity index (χ3v) is 3.29. The lowest BCUT2D eigenvalue weighted by molar-refractivity contribution is 0.199.